The zero-order valence-electron chi connectivity index (χ0n) is 12.6. The molecule has 1 aromatic heterocycles. The molecule has 3 heteroatoms. The standard InChI is InChI=1S/C17H23N3/c1-14-7-9-15(10-8-14)12-20(3)13-17-6-4-5-16(19-17)11-18-2/h4-10,18H,11-13H2,1-3H3. The first kappa shape index (κ1) is 14.7. The molecule has 0 saturated heterocycles. The predicted molar refractivity (Wildman–Crippen MR) is 83.4 cm³/mol. The van der Waals surface area contributed by atoms with Gasteiger partial charge in [-0.3, -0.25) is 9.88 Å². The Kier molecular flexibility index (Phi) is 5.27. The van der Waals surface area contributed by atoms with Gasteiger partial charge in [0.15, 0.2) is 0 Å². The van der Waals surface area contributed by atoms with E-state index in [1.807, 2.05) is 7.05 Å². The highest BCUT2D eigenvalue weighted by Crippen LogP contribution is 2.09. The molecule has 1 heterocycles. The molecular weight excluding hydrogens is 246 g/mol. The molecule has 0 bridgehead atoms. The van der Waals surface area contributed by atoms with Crippen molar-refractivity contribution < 1.29 is 0 Å². The van der Waals surface area contributed by atoms with E-state index >= 15 is 0 Å². The second kappa shape index (κ2) is 7.17. The fourth-order valence-electron chi connectivity index (χ4n) is 2.23. The Balaban J connectivity index is 1.95. The van der Waals surface area contributed by atoms with Crippen LogP contribution in [0.15, 0.2) is 42.5 Å². The van der Waals surface area contributed by atoms with E-state index in [0.29, 0.717) is 0 Å². The predicted octanol–water partition coefficient (Wildman–Crippen LogP) is 2.74. The summed E-state index contributed by atoms with van der Waals surface area (Å²) < 4.78 is 0. The highest BCUT2D eigenvalue weighted by atomic mass is 15.1. The second-order valence-corrected chi connectivity index (χ2v) is 5.31. The van der Waals surface area contributed by atoms with Crippen LogP contribution in [0.25, 0.3) is 0 Å². The van der Waals surface area contributed by atoms with Crippen LogP contribution in [0, 0.1) is 6.92 Å². The Hall–Kier alpha value is -1.71. The van der Waals surface area contributed by atoms with Crippen molar-refractivity contribution in [3.63, 3.8) is 0 Å². The summed E-state index contributed by atoms with van der Waals surface area (Å²) in [6.45, 7) is 4.74. The number of rotatable bonds is 6. The lowest BCUT2D eigenvalue weighted by Gasteiger charge is -2.17. The van der Waals surface area contributed by atoms with Gasteiger partial charge in [-0.1, -0.05) is 35.9 Å². The Morgan fingerprint density at radius 2 is 1.70 bits per heavy atom. The van der Waals surface area contributed by atoms with E-state index in [-0.39, 0.29) is 0 Å². The van der Waals surface area contributed by atoms with Crippen molar-refractivity contribution in [1.29, 1.82) is 0 Å². The minimum absolute atomic E-state index is 0.815. The largest absolute Gasteiger partial charge is 0.314 e. The molecule has 2 aromatic rings. The van der Waals surface area contributed by atoms with Crippen LogP contribution in [0.4, 0.5) is 0 Å². The minimum atomic E-state index is 0.815. The molecule has 0 aliphatic carbocycles. The highest BCUT2D eigenvalue weighted by Gasteiger charge is 2.04. The van der Waals surface area contributed by atoms with Crippen molar-refractivity contribution in [2.45, 2.75) is 26.6 Å². The van der Waals surface area contributed by atoms with Gasteiger partial charge in [0, 0.05) is 19.6 Å². The van der Waals surface area contributed by atoms with Crippen LogP contribution in [-0.2, 0) is 19.6 Å². The van der Waals surface area contributed by atoms with E-state index in [2.05, 4.69) is 71.6 Å². The molecule has 106 valence electrons. The summed E-state index contributed by atoms with van der Waals surface area (Å²) >= 11 is 0. The first-order valence-electron chi connectivity index (χ1n) is 7.01. The molecule has 1 aromatic carbocycles. The number of hydrogen-bond donors (Lipinski definition) is 1. The normalized spacial score (nSPS) is 11.0. The third-order valence-corrected chi connectivity index (χ3v) is 3.23. The van der Waals surface area contributed by atoms with Gasteiger partial charge in [0.05, 0.1) is 11.4 Å². The maximum absolute atomic E-state index is 4.65. The number of pyridine rings is 1. The summed E-state index contributed by atoms with van der Waals surface area (Å²) in [4.78, 5) is 6.94. The summed E-state index contributed by atoms with van der Waals surface area (Å²) in [5, 5.41) is 3.13. The SMILES string of the molecule is CNCc1cccc(CN(C)Cc2ccc(C)cc2)n1. The molecule has 2 rings (SSSR count). The van der Waals surface area contributed by atoms with Gasteiger partial charge in [-0.05, 0) is 38.7 Å². The van der Waals surface area contributed by atoms with Crippen LogP contribution in [0.1, 0.15) is 22.5 Å². The maximum atomic E-state index is 4.65. The Labute approximate surface area is 121 Å². The molecule has 0 radical (unpaired) electrons. The molecule has 0 fully saturated rings. The maximum Gasteiger partial charge on any atom is 0.0547 e. The van der Waals surface area contributed by atoms with E-state index < -0.39 is 0 Å². The molecule has 0 spiro atoms. The third kappa shape index (κ3) is 4.44. The zero-order valence-corrected chi connectivity index (χ0v) is 12.6. The molecular formula is C17H23N3. The summed E-state index contributed by atoms with van der Waals surface area (Å²) in [7, 11) is 4.07. The smallest absolute Gasteiger partial charge is 0.0547 e. The van der Waals surface area contributed by atoms with Gasteiger partial charge < -0.3 is 5.32 Å². The van der Waals surface area contributed by atoms with E-state index in [1.54, 1.807) is 0 Å². The highest BCUT2D eigenvalue weighted by molar-refractivity contribution is 5.21. The molecule has 0 aliphatic rings. The van der Waals surface area contributed by atoms with Gasteiger partial charge >= 0.3 is 0 Å². The first-order chi connectivity index (χ1) is 9.67. The van der Waals surface area contributed by atoms with E-state index in [0.717, 1.165) is 31.0 Å². The van der Waals surface area contributed by atoms with Crippen LogP contribution in [0.5, 0.6) is 0 Å². The Morgan fingerprint density at radius 3 is 2.40 bits per heavy atom. The van der Waals surface area contributed by atoms with Crippen LogP contribution < -0.4 is 5.32 Å². The Bertz CT molecular complexity index is 534. The van der Waals surface area contributed by atoms with Crippen molar-refractivity contribution in [1.82, 2.24) is 15.2 Å². The zero-order chi connectivity index (χ0) is 14.4. The average Bonchev–Trinajstić information content (AvgIpc) is 2.42. The van der Waals surface area contributed by atoms with Crippen molar-refractivity contribution >= 4 is 0 Å². The summed E-state index contributed by atoms with van der Waals surface area (Å²) in [5.74, 6) is 0. The molecule has 0 atom stereocenters. The lowest BCUT2D eigenvalue weighted by atomic mass is 10.1. The lowest BCUT2D eigenvalue weighted by molar-refractivity contribution is 0.314. The minimum Gasteiger partial charge on any atom is -0.314 e. The van der Waals surface area contributed by atoms with Gasteiger partial charge in [0.2, 0.25) is 0 Å². The molecule has 0 amide bonds. The average molecular weight is 269 g/mol. The fraction of sp³-hybridized carbons (Fsp3) is 0.353. The van der Waals surface area contributed by atoms with Gasteiger partial charge in [0.1, 0.15) is 0 Å². The number of benzene rings is 1. The van der Waals surface area contributed by atoms with Gasteiger partial charge in [0.25, 0.3) is 0 Å². The van der Waals surface area contributed by atoms with Crippen LogP contribution in [0.2, 0.25) is 0 Å². The van der Waals surface area contributed by atoms with E-state index in [1.165, 1.54) is 11.1 Å². The lowest BCUT2D eigenvalue weighted by Crippen LogP contribution is -2.18. The van der Waals surface area contributed by atoms with Crippen LogP contribution in [0.3, 0.4) is 0 Å². The third-order valence-electron chi connectivity index (χ3n) is 3.23. The van der Waals surface area contributed by atoms with Gasteiger partial charge in [-0.25, -0.2) is 0 Å². The van der Waals surface area contributed by atoms with E-state index in [9.17, 15) is 0 Å². The van der Waals surface area contributed by atoms with Crippen LogP contribution in [-0.4, -0.2) is 24.0 Å². The second-order valence-electron chi connectivity index (χ2n) is 5.31. The summed E-state index contributed by atoms with van der Waals surface area (Å²) in [5.41, 5.74) is 4.85. The molecule has 0 saturated carbocycles. The number of nitrogens with zero attached hydrogens (tertiary/aromatic N) is 2. The van der Waals surface area contributed by atoms with Crippen LogP contribution >= 0.6 is 0 Å². The van der Waals surface area contributed by atoms with Crippen molar-refractivity contribution in [2.24, 2.45) is 0 Å². The molecule has 1 N–H and O–H groups in total. The molecule has 0 aliphatic heterocycles. The number of aryl methyl sites for hydroxylation is 1. The monoisotopic (exact) mass is 269 g/mol. The number of aromatic nitrogens is 1. The first-order valence-corrected chi connectivity index (χ1v) is 7.01. The summed E-state index contributed by atoms with van der Waals surface area (Å²) in [6.07, 6.45) is 0. The topological polar surface area (TPSA) is 28.2 Å². The molecule has 20 heavy (non-hydrogen) atoms. The van der Waals surface area contributed by atoms with Crippen molar-refractivity contribution in [3.8, 4) is 0 Å². The Morgan fingerprint density at radius 1 is 1.00 bits per heavy atom. The molecule has 0 unspecified atom stereocenters. The fourth-order valence-corrected chi connectivity index (χ4v) is 2.23. The van der Waals surface area contributed by atoms with Crippen molar-refractivity contribution in [2.75, 3.05) is 14.1 Å². The van der Waals surface area contributed by atoms with E-state index in [4.69, 9.17) is 0 Å². The molecule has 3 nitrogen and oxygen atoms in total. The number of hydrogen-bond acceptors (Lipinski definition) is 3. The van der Waals surface area contributed by atoms with Gasteiger partial charge in [-0.15, -0.1) is 0 Å². The summed E-state index contributed by atoms with van der Waals surface area (Å²) in [6, 6.07) is 14.9. The quantitative estimate of drug-likeness (QED) is 0.874. The number of nitrogens with one attached hydrogen (secondary N) is 1. The van der Waals surface area contributed by atoms with Crippen molar-refractivity contribution in [3.05, 3.63) is 65.0 Å². The van der Waals surface area contributed by atoms with Gasteiger partial charge in [-0.2, -0.15) is 0 Å².